The third kappa shape index (κ3) is 2.22. The number of nitrogens with zero attached hydrogens (tertiary/aromatic N) is 2. The second kappa shape index (κ2) is 3.80. The molecule has 0 aliphatic carbocycles. The second-order valence-corrected chi connectivity index (χ2v) is 4.56. The highest BCUT2D eigenvalue weighted by molar-refractivity contribution is 8.00. The number of nitrogen functional groups attached to an aromatic ring is 1. The van der Waals surface area contributed by atoms with Crippen LogP contribution < -0.4 is 5.73 Å². The molecule has 0 spiro atoms. The van der Waals surface area contributed by atoms with Crippen molar-refractivity contribution in [1.29, 1.82) is 0 Å². The summed E-state index contributed by atoms with van der Waals surface area (Å²) in [7, 11) is 0. The molecule has 2 aromatic rings. The zero-order valence-corrected chi connectivity index (χ0v) is 8.27. The molecule has 4 nitrogen and oxygen atoms in total. The van der Waals surface area contributed by atoms with Crippen LogP contribution in [-0.2, 0) is 5.75 Å². The van der Waals surface area contributed by atoms with Crippen LogP contribution in [-0.4, -0.2) is 10.2 Å². The zero-order valence-electron chi connectivity index (χ0n) is 6.64. The van der Waals surface area contributed by atoms with Gasteiger partial charge in [0, 0.05) is 11.3 Å². The van der Waals surface area contributed by atoms with Crippen molar-refractivity contribution < 1.29 is 4.42 Å². The summed E-state index contributed by atoms with van der Waals surface area (Å²) >= 11 is 3.00. The van der Waals surface area contributed by atoms with Crippen LogP contribution in [0.1, 0.15) is 5.56 Å². The molecule has 0 aromatic carbocycles. The Morgan fingerprint density at radius 3 is 3.08 bits per heavy atom. The molecular weight excluding hydrogens is 206 g/mol. The topological polar surface area (TPSA) is 64.9 Å². The molecule has 0 unspecified atom stereocenters. The van der Waals surface area contributed by atoms with Crippen molar-refractivity contribution >= 4 is 28.2 Å². The summed E-state index contributed by atoms with van der Waals surface area (Å²) < 4.78 is 5.83. The zero-order chi connectivity index (χ0) is 9.10. The number of hydrogen-bond donors (Lipinski definition) is 1. The lowest BCUT2D eigenvalue weighted by atomic mass is 10.4. The maximum absolute atomic E-state index is 5.44. The Morgan fingerprint density at radius 2 is 2.46 bits per heavy atom. The number of aromatic nitrogens is 2. The summed E-state index contributed by atoms with van der Waals surface area (Å²) in [4.78, 5) is 0. The number of anilines is 1. The Bertz CT molecular complexity index is 371. The number of hydrogen-bond acceptors (Lipinski definition) is 6. The summed E-state index contributed by atoms with van der Waals surface area (Å²) in [5.74, 6) is 0.838. The summed E-state index contributed by atoms with van der Waals surface area (Å²) in [6.07, 6.45) is 3.38. The van der Waals surface area contributed by atoms with Gasteiger partial charge in [-0.2, -0.15) is 0 Å². The molecule has 2 N–H and O–H groups in total. The van der Waals surface area contributed by atoms with Gasteiger partial charge < -0.3 is 10.2 Å². The minimum Gasteiger partial charge on any atom is -0.472 e. The first kappa shape index (κ1) is 8.58. The molecule has 0 bridgehead atoms. The molecule has 0 aliphatic rings. The molecule has 0 aliphatic heterocycles. The van der Waals surface area contributed by atoms with Gasteiger partial charge in [0.05, 0.1) is 12.5 Å². The van der Waals surface area contributed by atoms with Gasteiger partial charge in [-0.3, -0.25) is 0 Å². The lowest BCUT2D eigenvalue weighted by Crippen LogP contribution is -1.79. The molecule has 0 fully saturated rings. The van der Waals surface area contributed by atoms with Crippen LogP contribution in [0.25, 0.3) is 0 Å². The third-order valence-corrected chi connectivity index (χ3v) is 3.32. The standard InChI is InChI=1S/C7H7N3OS2/c8-6-9-10-7(13-6)12-4-5-1-2-11-3-5/h1-3H,4H2,(H2,8,9). The fraction of sp³-hybridized carbons (Fsp3) is 0.143. The molecule has 2 heterocycles. The maximum atomic E-state index is 5.44. The summed E-state index contributed by atoms with van der Waals surface area (Å²) in [6.45, 7) is 0. The summed E-state index contributed by atoms with van der Waals surface area (Å²) in [5.41, 5.74) is 6.58. The Balaban J connectivity index is 1.93. The highest BCUT2D eigenvalue weighted by Crippen LogP contribution is 2.26. The Morgan fingerprint density at radius 1 is 1.54 bits per heavy atom. The Labute approximate surface area is 83.2 Å². The van der Waals surface area contributed by atoms with Crippen molar-refractivity contribution in [2.24, 2.45) is 0 Å². The normalized spacial score (nSPS) is 10.5. The molecule has 6 heteroatoms. The first-order chi connectivity index (χ1) is 6.34. The minimum absolute atomic E-state index is 0.509. The van der Waals surface area contributed by atoms with E-state index < -0.39 is 0 Å². The largest absolute Gasteiger partial charge is 0.472 e. The lowest BCUT2D eigenvalue weighted by Gasteiger charge is -1.90. The van der Waals surface area contributed by atoms with Crippen LogP contribution in [0.5, 0.6) is 0 Å². The van der Waals surface area contributed by atoms with Crippen molar-refractivity contribution in [1.82, 2.24) is 10.2 Å². The lowest BCUT2D eigenvalue weighted by molar-refractivity contribution is 0.565. The van der Waals surface area contributed by atoms with E-state index in [2.05, 4.69) is 10.2 Å². The van der Waals surface area contributed by atoms with E-state index in [1.807, 2.05) is 6.07 Å². The molecule has 0 radical (unpaired) electrons. The molecule has 0 saturated heterocycles. The van der Waals surface area contributed by atoms with Gasteiger partial charge >= 0.3 is 0 Å². The van der Waals surface area contributed by atoms with Crippen LogP contribution in [0.4, 0.5) is 5.13 Å². The molecule has 68 valence electrons. The molecule has 0 atom stereocenters. The number of furan rings is 1. The fourth-order valence-electron chi connectivity index (χ4n) is 0.799. The highest BCUT2D eigenvalue weighted by Gasteiger charge is 2.02. The predicted molar refractivity (Wildman–Crippen MR) is 52.6 cm³/mol. The maximum Gasteiger partial charge on any atom is 0.203 e. The van der Waals surface area contributed by atoms with E-state index in [0.717, 1.165) is 15.7 Å². The van der Waals surface area contributed by atoms with Gasteiger partial charge in [-0.1, -0.05) is 23.1 Å². The van der Waals surface area contributed by atoms with E-state index >= 15 is 0 Å². The van der Waals surface area contributed by atoms with E-state index in [9.17, 15) is 0 Å². The van der Waals surface area contributed by atoms with Crippen LogP contribution >= 0.6 is 23.1 Å². The minimum atomic E-state index is 0.509. The summed E-state index contributed by atoms with van der Waals surface area (Å²) in [6, 6.07) is 1.93. The Hall–Kier alpha value is -1.01. The Kier molecular flexibility index (Phi) is 2.51. The van der Waals surface area contributed by atoms with E-state index in [4.69, 9.17) is 10.2 Å². The van der Waals surface area contributed by atoms with Crippen LogP contribution in [0.3, 0.4) is 0 Å². The molecule has 0 amide bonds. The molecule has 2 rings (SSSR count). The number of nitrogens with two attached hydrogens (primary N) is 1. The smallest absolute Gasteiger partial charge is 0.203 e. The number of rotatable bonds is 3. The quantitative estimate of drug-likeness (QED) is 0.790. The van der Waals surface area contributed by atoms with Crippen LogP contribution in [0.15, 0.2) is 27.3 Å². The van der Waals surface area contributed by atoms with Crippen molar-refractivity contribution in [3.8, 4) is 0 Å². The van der Waals surface area contributed by atoms with Crippen molar-refractivity contribution in [2.75, 3.05) is 5.73 Å². The van der Waals surface area contributed by atoms with Crippen LogP contribution in [0, 0.1) is 0 Å². The first-order valence-corrected chi connectivity index (χ1v) is 5.37. The van der Waals surface area contributed by atoms with E-state index in [-0.39, 0.29) is 0 Å². The second-order valence-electron chi connectivity index (χ2n) is 2.33. The van der Waals surface area contributed by atoms with Gasteiger partial charge in [0.25, 0.3) is 0 Å². The first-order valence-electron chi connectivity index (χ1n) is 3.57. The van der Waals surface area contributed by atoms with Gasteiger partial charge in [0.1, 0.15) is 0 Å². The van der Waals surface area contributed by atoms with Gasteiger partial charge in [0.2, 0.25) is 5.13 Å². The SMILES string of the molecule is Nc1nnc(SCc2ccoc2)s1. The highest BCUT2D eigenvalue weighted by atomic mass is 32.2. The van der Waals surface area contributed by atoms with Crippen LogP contribution in [0.2, 0.25) is 0 Å². The van der Waals surface area contributed by atoms with Crippen molar-refractivity contribution in [3.05, 3.63) is 24.2 Å². The van der Waals surface area contributed by atoms with Gasteiger partial charge in [-0.15, -0.1) is 10.2 Å². The van der Waals surface area contributed by atoms with Crippen molar-refractivity contribution in [3.63, 3.8) is 0 Å². The molecule has 2 aromatic heterocycles. The van der Waals surface area contributed by atoms with Gasteiger partial charge in [-0.05, 0) is 6.07 Å². The average Bonchev–Trinajstić information content (AvgIpc) is 2.71. The molecule has 0 saturated carbocycles. The number of thioether (sulfide) groups is 1. The third-order valence-electron chi connectivity index (χ3n) is 1.36. The van der Waals surface area contributed by atoms with Gasteiger partial charge in [-0.25, -0.2) is 0 Å². The predicted octanol–water partition coefficient (Wildman–Crippen LogP) is 2.01. The van der Waals surface area contributed by atoms with Crippen molar-refractivity contribution in [2.45, 2.75) is 10.1 Å². The summed E-state index contributed by atoms with van der Waals surface area (Å²) in [5, 5.41) is 8.12. The average molecular weight is 213 g/mol. The van der Waals surface area contributed by atoms with E-state index in [0.29, 0.717) is 5.13 Å². The fourth-order valence-corrected chi connectivity index (χ4v) is 2.36. The molecular formula is C7H7N3OS2. The van der Waals surface area contributed by atoms with E-state index in [1.165, 1.54) is 11.3 Å². The van der Waals surface area contributed by atoms with Gasteiger partial charge in [0.15, 0.2) is 4.34 Å². The van der Waals surface area contributed by atoms with E-state index in [1.54, 1.807) is 24.3 Å². The molecule has 13 heavy (non-hydrogen) atoms. The monoisotopic (exact) mass is 213 g/mol.